The first-order valence-electron chi connectivity index (χ1n) is 14.1. The Morgan fingerprint density at radius 3 is 2.26 bits per heavy atom. The van der Waals surface area contributed by atoms with E-state index in [2.05, 4.69) is 22.5 Å². The van der Waals surface area contributed by atoms with E-state index in [1.807, 2.05) is 32.6 Å². The number of nitrogens with zero attached hydrogens (tertiary/aromatic N) is 6. The Kier molecular flexibility index (Phi) is 8.34. The number of amides is 1. The Morgan fingerprint density at radius 1 is 1.07 bits per heavy atom. The maximum absolute atomic E-state index is 15.1. The molecule has 0 atom stereocenters. The van der Waals surface area contributed by atoms with Crippen molar-refractivity contribution in [1.82, 2.24) is 24.4 Å². The van der Waals surface area contributed by atoms with Crippen molar-refractivity contribution in [2.45, 2.75) is 39.5 Å². The van der Waals surface area contributed by atoms with Gasteiger partial charge in [0.15, 0.2) is 0 Å². The number of rotatable bonds is 6. The monoisotopic (exact) mass is 598 g/mol. The van der Waals surface area contributed by atoms with E-state index in [9.17, 15) is 9.59 Å². The van der Waals surface area contributed by atoms with E-state index in [0.717, 1.165) is 0 Å². The minimum Gasteiger partial charge on any atom is -0.366 e. The Hall–Kier alpha value is -4.55. The van der Waals surface area contributed by atoms with Crippen LogP contribution in [-0.4, -0.2) is 56.5 Å². The lowest BCUT2D eigenvalue weighted by atomic mass is 10.00. The van der Waals surface area contributed by atoms with Crippen LogP contribution in [0.4, 0.5) is 10.1 Å². The van der Waals surface area contributed by atoms with Crippen LogP contribution in [0, 0.1) is 18.2 Å². The van der Waals surface area contributed by atoms with E-state index in [1.54, 1.807) is 29.2 Å². The van der Waals surface area contributed by atoms with Crippen LogP contribution in [0.2, 0.25) is 5.02 Å². The number of aromatic nitrogens is 4. The molecule has 0 N–H and O–H groups in total. The number of piperazine rings is 1. The van der Waals surface area contributed by atoms with Crippen LogP contribution in [0.25, 0.3) is 28.0 Å². The van der Waals surface area contributed by atoms with Crippen molar-refractivity contribution < 1.29 is 9.18 Å². The molecule has 0 aliphatic carbocycles. The van der Waals surface area contributed by atoms with Gasteiger partial charge in [-0.1, -0.05) is 63.9 Å². The van der Waals surface area contributed by atoms with Gasteiger partial charge in [-0.2, -0.15) is 0 Å². The summed E-state index contributed by atoms with van der Waals surface area (Å²) in [5.41, 5.74) is 2.60. The Balaban J connectivity index is 1.91. The molecule has 1 saturated heterocycles. The fourth-order valence-corrected chi connectivity index (χ4v) is 5.79. The summed E-state index contributed by atoms with van der Waals surface area (Å²) >= 11 is 6.83. The van der Waals surface area contributed by atoms with Crippen LogP contribution in [0.5, 0.6) is 0 Å². The van der Waals surface area contributed by atoms with E-state index < -0.39 is 11.4 Å². The van der Waals surface area contributed by atoms with Gasteiger partial charge in [0.2, 0.25) is 5.91 Å². The van der Waals surface area contributed by atoms with Crippen LogP contribution >= 0.6 is 11.6 Å². The Labute approximate surface area is 254 Å². The summed E-state index contributed by atoms with van der Waals surface area (Å²) in [6.07, 6.45) is 8.85. The molecule has 0 saturated carbocycles. The van der Waals surface area contributed by atoms with Gasteiger partial charge >= 0.3 is 0 Å². The van der Waals surface area contributed by atoms with Crippen molar-refractivity contribution >= 4 is 34.2 Å². The third kappa shape index (κ3) is 5.28. The van der Waals surface area contributed by atoms with Crippen molar-refractivity contribution in [1.29, 1.82) is 0 Å². The third-order valence-corrected chi connectivity index (χ3v) is 7.92. The number of fused-ring (bicyclic) bond motifs is 1. The molecule has 4 heterocycles. The molecule has 0 unspecified atom stereocenters. The summed E-state index contributed by atoms with van der Waals surface area (Å²) in [6.45, 7) is 13.2. The molecule has 0 radical (unpaired) electrons. The van der Waals surface area contributed by atoms with E-state index in [4.69, 9.17) is 23.0 Å². The Bertz CT molecular complexity index is 1830. The fraction of sp³-hybridized carbons (Fsp3) is 0.303. The molecule has 4 aromatic rings. The average Bonchev–Trinajstić information content (AvgIpc) is 3.00. The van der Waals surface area contributed by atoms with Gasteiger partial charge in [0, 0.05) is 37.1 Å². The molecule has 0 bridgehead atoms. The van der Waals surface area contributed by atoms with E-state index >= 15 is 4.39 Å². The zero-order chi connectivity index (χ0) is 31.0. The maximum atomic E-state index is 15.1. The van der Waals surface area contributed by atoms with Gasteiger partial charge in [0.05, 0.1) is 33.5 Å². The molecule has 1 aliphatic heterocycles. The molecular weight excluding hydrogens is 567 g/mol. The lowest BCUT2D eigenvalue weighted by molar-refractivity contribution is -0.126. The predicted octanol–water partition coefficient (Wildman–Crippen LogP) is 5.70. The van der Waals surface area contributed by atoms with Gasteiger partial charge in [0.1, 0.15) is 23.4 Å². The predicted molar refractivity (Wildman–Crippen MR) is 168 cm³/mol. The minimum absolute atomic E-state index is 0.0692. The molecule has 0 spiro atoms. The molecule has 3 aromatic heterocycles. The first-order chi connectivity index (χ1) is 20.6. The zero-order valence-corrected chi connectivity index (χ0v) is 25.3. The van der Waals surface area contributed by atoms with Gasteiger partial charge < -0.3 is 9.80 Å². The molecule has 10 heteroatoms. The molecule has 1 aliphatic rings. The summed E-state index contributed by atoms with van der Waals surface area (Å²) < 4.78 is 16.5. The molecule has 1 fully saturated rings. The lowest BCUT2D eigenvalue weighted by Crippen LogP contribution is -2.49. The van der Waals surface area contributed by atoms with Gasteiger partial charge in [0.25, 0.3) is 5.56 Å². The van der Waals surface area contributed by atoms with Crippen LogP contribution in [-0.2, 0) is 4.79 Å². The standard InChI is InChI=1S/C33H32ClFN6O2/c1-7-21-30(40-15-13-39(14-16-40)26(42)8-2)23-17-24(34)29(22-11-9-10-12-25(22)35)38-32(23)41(33(21)43)31-27(19(3)4)36-18-37-28(31)20(5)6/h1,8-12,17-20H,2,13-16H2,3-6H3. The average molecular weight is 599 g/mol. The number of hydrogen-bond donors (Lipinski definition) is 0. The van der Waals surface area contributed by atoms with E-state index in [-0.39, 0.29) is 45.2 Å². The number of halogens is 2. The molecule has 8 nitrogen and oxygen atoms in total. The van der Waals surface area contributed by atoms with Crippen LogP contribution in [0.15, 0.2) is 54.1 Å². The second-order valence-corrected chi connectivity index (χ2v) is 11.4. The van der Waals surface area contributed by atoms with Gasteiger partial charge in [-0.15, -0.1) is 6.42 Å². The highest BCUT2D eigenvalue weighted by atomic mass is 35.5. The lowest BCUT2D eigenvalue weighted by Gasteiger charge is -2.37. The van der Waals surface area contributed by atoms with Crippen molar-refractivity contribution in [3.8, 4) is 29.3 Å². The summed E-state index contributed by atoms with van der Waals surface area (Å²) in [4.78, 5) is 44.5. The van der Waals surface area contributed by atoms with Crippen LogP contribution in [0.1, 0.15) is 56.5 Å². The van der Waals surface area contributed by atoms with E-state index in [0.29, 0.717) is 54.3 Å². The van der Waals surface area contributed by atoms with Gasteiger partial charge in [-0.3, -0.25) is 14.2 Å². The first kappa shape index (κ1) is 29.9. The van der Waals surface area contributed by atoms with Crippen molar-refractivity contribution in [2.24, 2.45) is 0 Å². The smallest absolute Gasteiger partial charge is 0.274 e. The quantitative estimate of drug-likeness (QED) is 0.209. The number of anilines is 1. The van der Waals surface area contributed by atoms with Crippen molar-refractivity contribution in [3.05, 3.63) is 87.5 Å². The normalized spacial score (nSPS) is 13.6. The maximum Gasteiger partial charge on any atom is 0.274 e. The van der Waals surface area contributed by atoms with Crippen molar-refractivity contribution in [3.63, 3.8) is 0 Å². The van der Waals surface area contributed by atoms with Crippen LogP contribution in [0.3, 0.4) is 0 Å². The third-order valence-electron chi connectivity index (χ3n) is 7.63. The molecule has 5 rings (SSSR count). The second kappa shape index (κ2) is 12.0. The number of benzene rings is 1. The number of pyridine rings is 2. The summed E-state index contributed by atoms with van der Waals surface area (Å²) in [5, 5.41) is 0.722. The zero-order valence-electron chi connectivity index (χ0n) is 24.6. The number of hydrogen-bond acceptors (Lipinski definition) is 6. The van der Waals surface area contributed by atoms with Gasteiger partial charge in [-0.25, -0.2) is 19.3 Å². The van der Waals surface area contributed by atoms with Crippen LogP contribution < -0.4 is 10.5 Å². The molecule has 1 amide bonds. The number of carbonyl (C=O) groups is 1. The number of carbonyl (C=O) groups excluding carboxylic acids is 1. The highest BCUT2D eigenvalue weighted by molar-refractivity contribution is 6.34. The molecule has 1 aromatic carbocycles. The first-order valence-corrected chi connectivity index (χ1v) is 14.5. The molecular formula is C33H32ClFN6O2. The second-order valence-electron chi connectivity index (χ2n) is 11.0. The SMILES string of the molecule is C#Cc1c(N2CCN(C(=O)C=C)CC2)c2cc(Cl)c(-c3ccccc3F)nc2n(-c2c(C(C)C)ncnc2C(C)C)c1=O. The largest absolute Gasteiger partial charge is 0.366 e. The topological polar surface area (TPSA) is 84.2 Å². The molecule has 220 valence electrons. The Morgan fingerprint density at radius 2 is 1.70 bits per heavy atom. The minimum atomic E-state index is -0.498. The highest BCUT2D eigenvalue weighted by Crippen LogP contribution is 2.38. The fourth-order valence-electron chi connectivity index (χ4n) is 5.54. The van der Waals surface area contributed by atoms with E-state index in [1.165, 1.54) is 23.0 Å². The van der Waals surface area contributed by atoms with Crippen molar-refractivity contribution in [2.75, 3.05) is 31.1 Å². The van der Waals surface area contributed by atoms with Gasteiger partial charge in [-0.05, 0) is 36.1 Å². The summed E-state index contributed by atoms with van der Waals surface area (Å²) in [5.74, 6) is 1.84. The summed E-state index contributed by atoms with van der Waals surface area (Å²) in [7, 11) is 0. The molecule has 43 heavy (non-hydrogen) atoms. The summed E-state index contributed by atoms with van der Waals surface area (Å²) in [6, 6.07) is 7.90. The number of terminal acetylenes is 1. The highest BCUT2D eigenvalue weighted by Gasteiger charge is 2.30.